The molecule has 2 aliphatic rings. The molecule has 0 unspecified atom stereocenters. The first-order valence-electron chi connectivity index (χ1n) is 11.6. The van der Waals surface area contributed by atoms with Crippen LogP contribution in [0.1, 0.15) is 58.4 Å². The molecule has 1 aliphatic heterocycles. The molecule has 176 valence electrons. The van der Waals surface area contributed by atoms with E-state index in [1.54, 1.807) is 19.3 Å². The summed E-state index contributed by atoms with van der Waals surface area (Å²) in [4.78, 5) is 40.4. The van der Waals surface area contributed by atoms with E-state index >= 15 is 0 Å². The molecule has 1 aliphatic carbocycles. The summed E-state index contributed by atoms with van der Waals surface area (Å²) in [5.74, 6) is 1.02. The summed E-state index contributed by atoms with van der Waals surface area (Å²) in [7, 11) is 0. The second-order valence-electron chi connectivity index (χ2n) is 8.92. The van der Waals surface area contributed by atoms with Gasteiger partial charge in [-0.3, -0.25) is 19.9 Å². The van der Waals surface area contributed by atoms with Crippen LogP contribution in [-0.4, -0.2) is 26.8 Å². The first-order chi connectivity index (χ1) is 17.0. The Balaban J connectivity index is 1.20. The van der Waals surface area contributed by atoms with Crippen molar-refractivity contribution in [1.29, 1.82) is 0 Å². The number of benzene rings is 1. The Kier molecular flexibility index (Phi) is 5.41. The summed E-state index contributed by atoms with van der Waals surface area (Å²) in [5, 5.41) is 5.26. The second kappa shape index (κ2) is 8.74. The van der Waals surface area contributed by atoms with E-state index in [0.29, 0.717) is 42.0 Å². The number of thiazole rings is 1. The number of hydrogen-bond acceptors (Lipinski definition) is 7. The quantitative estimate of drug-likeness (QED) is 0.407. The van der Waals surface area contributed by atoms with Crippen LogP contribution in [0, 0.1) is 6.92 Å². The zero-order valence-corrected chi connectivity index (χ0v) is 20.0. The number of pyridine rings is 1. The molecule has 6 rings (SSSR count). The van der Waals surface area contributed by atoms with E-state index in [4.69, 9.17) is 4.42 Å². The van der Waals surface area contributed by atoms with Gasteiger partial charge in [-0.15, -0.1) is 11.3 Å². The van der Waals surface area contributed by atoms with Crippen molar-refractivity contribution in [3.63, 3.8) is 0 Å². The van der Waals surface area contributed by atoms with Crippen LogP contribution in [0.15, 0.2) is 52.5 Å². The van der Waals surface area contributed by atoms with Crippen molar-refractivity contribution in [2.75, 3.05) is 10.2 Å². The normalized spacial score (nSPS) is 15.2. The Bertz CT molecular complexity index is 1420. The van der Waals surface area contributed by atoms with Crippen LogP contribution in [0.25, 0.3) is 11.3 Å². The number of aromatic nitrogens is 3. The van der Waals surface area contributed by atoms with Gasteiger partial charge in [-0.2, -0.15) is 0 Å². The van der Waals surface area contributed by atoms with Crippen molar-refractivity contribution in [2.24, 2.45) is 0 Å². The Morgan fingerprint density at radius 1 is 1.23 bits per heavy atom. The Morgan fingerprint density at radius 2 is 2.11 bits per heavy atom. The minimum absolute atomic E-state index is 0.111. The maximum atomic E-state index is 12.7. The van der Waals surface area contributed by atoms with Crippen molar-refractivity contribution in [3.05, 3.63) is 76.6 Å². The molecule has 8 nitrogen and oxygen atoms in total. The summed E-state index contributed by atoms with van der Waals surface area (Å²) in [6.45, 7) is 2.28. The van der Waals surface area contributed by atoms with Gasteiger partial charge in [-0.05, 0) is 55.5 Å². The first kappa shape index (κ1) is 21.7. The summed E-state index contributed by atoms with van der Waals surface area (Å²) in [5.41, 5.74) is 5.34. The van der Waals surface area contributed by atoms with Gasteiger partial charge in [0.1, 0.15) is 0 Å². The highest BCUT2D eigenvalue weighted by Gasteiger charge is 2.31. The lowest BCUT2D eigenvalue weighted by Crippen LogP contribution is -2.34. The third-order valence-corrected chi connectivity index (χ3v) is 7.07. The van der Waals surface area contributed by atoms with E-state index in [2.05, 4.69) is 26.3 Å². The van der Waals surface area contributed by atoms with Gasteiger partial charge in [0.15, 0.2) is 11.0 Å². The maximum absolute atomic E-state index is 12.7. The number of aryl methyl sites for hydroxylation is 2. The van der Waals surface area contributed by atoms with Gasteiger partial charge in [-0.25, -0.2) is 9.97 Å². The Hall–Kier alpha value is -3.85. The third-order valence-electron chi connectivity index (χ3n) is 6.31. The zero-order chi connectivity index (χ0) is 23.9. The Labute approximate surface area is 206 Å². The van der Waals surface area contributed by atoms with E-state index in [0.717, 1.165) is 40.9 Å². The van der Waals surface area contributed by atoms with Gasteiger partial charge >= 0.3 is 0 Å². The summed E-state index contributed by atoms with van der Waals surface area (Å²) < 4.78 is 5.70. The maximum Gasteiger partial charge on any atom is 0.295 e. The molecule has 3 aromatic heterocycles. The molecule has 1 aromatic carbocycles. The molecule has 1 fully saturated rings. The largest absolute Gasteiger partial charge is 0.435 e. The molecule has 2 amide bonds. The van der Waals surface area contributed by atoms with E-state index in [9.17, 15) is 9.59 Å². The topological polar surface area (TPSA) is 101 Å². The number of carbonyl (C=O) groups excluding carboxylic acids is 2. The van der Waals surface area contributed by atoms with Gasteiger partial charge in [0.25, 0.3) is 5.91 Å². The van der Waals surface area contributed by atoms with Crippen molar-refractivity contribution in [1.82, 2.24) is 15.0 Å². The number of oxazole rings is 1. The molecule has 1 N–H and O–H groups in total. The lowest BCUT2D eigenvalue weighted by Gasteiger charge is -2.29. The second-order valence-corrected chi connectivity index (χ2v) is 9.78. The molecule has 0 atom stereocenters. The van der Waals surface area contributed by atoms with Crippen LogP contribution < -0.4 is 10.2 Å². The number of carbonyl (C=O) groups is 2. The molecular weight excluding hydrogens is 462 g/mol. The zero-order valence-electron chi connectivity index (χ0n) is 19.2. The highest BCUT2D eigenvalue weighted by molar-refractivity contribution is 7.14. The fraction of sp³-hybridized carbons (Fsp3) is 0.269. The molecule has 4 heterocycles. The molecule has 35 heavy (non-hydrogen) atoms. The van der Waals surface area contributed by atoms with Crippen molar-refractivity contribution in [2.45, 2.75) is 45.1 Å². The molecule has 9 heteroatoms. The van der Waals surface area contributed by atoms with Crippen molar-refractivity contribution < 1.29 is 14.0 Å². The summed E-state index contributed by atoms with van der Waals surface area (Å²) >= 11 is 1.36. The predicted molar refractivity (Wildman–Crippen MR) is 132 cm³/mol. The van der Waals surface area contributed by atoms with Gasteiger partial charge < -0.3 is 9.32 Å². The SMILES string of the molecule is Cc1nc(C2CC2)oc1C(=O)Nc1nc(-c2ccc3c(c2)CCC(=O)N3Cc2cccnc2)cs1. The fourth-order valence-corrected chi connectivity index (χ4v) is 5.03. The number of nitrogens with one attached hydrogen (secondary N) is 1. The number of hydrogen-bond donors (Lipinski definition) is 1. The highest BCUT2D eigenvalue weighted by atomic mass is 32.1. The number of rotatable bonds is 6. The molecular formula is C26H23N5O3S. The van der Waals surface area contributed by atoms with Crippen LogP contribution in [0.5, 0.6) is 0 Å². The van der Waals surface area contributed by atoms with Gasteiger partial charge in [0.05, 0.1) is 17.9 Å². The van der Waals surface area contributed by atoms with Gasteiger partial charge in [0.2, 0.25) is 11.7 Å². The van der Waals surface area contributed by atoms with Crippen molar-refractivity contribution >= 4 is 34.0 Å². The smallest absolute Gasteiger partial charge is 0.295 e. The molecule has 1 saturated carbocycles. The van der Waals surface area contributed by atoms with Gasteiger partial charge in [-0.1, -0.05) is 12.1 Å². The Morgan fingerprint density at radius 3 is 2.91 bits per heavy atom. The lowest BCUT2D eigenvalue weighted by molar-refractivity contribution is -0.119. The third kappa shape index (κ3) is 4.35. The predicted octanol–water partition coefficient (Wildman–Crippen LogP) is 5.11. The van der Waals surface area contributed by atoms with Gasteiger partial charge in [0, 0.05) is 41.4 Å². The summed E-state index contributed by atoms with van der Waals surface area (Å²) in [6, 6.07) is 9.88. The van der Waals surface area contributed by atoms with Crippen LogP contribution >= 0.6 is 11.3 Å². The molecule has 0 radical (unpaired) electrons. The number of anilines is 2. The van der Waals surface area contributed by atoms with Crippen LogP contribution in [0.4, 0.5) is 10.8 Å². The standard InChI is InChI=1S/C26H23N5O3S/c1-15-23(34-25(28-15)17-4-5-17)24(33)30-26-29-20(14-35-26)18-6-8-21-19(11-18)7-9-22(32)31(21)13-16-3-2-10-27-12-16/h2-3,6,8,10-12,14,17H,4-5,7,9,13H2,1H3,(H,29,30,33). The number of amides is 2. The fourth-order valence-electron chi connectivity index (χ4n) is 4.32. The average molecular weight is 486 g/mol. The van der Waals surface area contributed by atoms with Crippen molar-refractivity contribution in [3.8, 4) is 11.3 Å². The number of nitrogens with zero attached hydrogens (tertiary/aromatic N) is 4. The van der Waals surface area contributed by atoms with E-state index < -0.39 is 0 Å². The number of fused-ring (bicyclic) bond motifs is 1. The molecule has 0 spiro atoms. The molecule has 0 bridgehead atoms. The van der Waals surface area contributed by atoms with E-state index in [1.165, 1.54) is 11.3 Å². The minimum atomic E-state index is -0.335. The highest BCUT2D eigenvalue weighted by Crippen LogP contribution is 2.40. The van der Waals surface area contributed by atoms with Crippen LogP contribution in [0.2, 0.25) is 0 Å². The monoisotopic (exact) mass is 485 g/mol. The minimum Gasteiger partial charge on any atom is -0.435 e. The van der Waals surface area contributed by atoms with E-state index in [1.807, 2.05) is 34.5 Å². The lowest BCUT2D eigenvalue weighted by atomic mass is 9.97. The average Bonchev–Trinajstić information content (AvgIpc) is 3.49. The first-order valence-corrected chi connectivity index (χ1v) is 12.5. The van der Waals surface area contributed by atoms with E-state index in [-0.39, 0.29) is 17.6 Å². The molecule has 0 saturated heterocycles. The molecule has 4 aromatic rings. The van der Waals surface area contributed by atoms with Crippen LogP contribution in [-0.2, 0) is 17.8 Å². The summed E-state index contributed by atoms with van der Waals surface area (Å²) in [6.07, 6.45) is 6.79. The van der Waals surface area contributed by atoms with Crippen LogP contribution in [0.3, 0.4) is 0 Å².